The van der Waals surface area contributed by atoms with Gasteiger partial charge in [-0.05, 0) is 40.2 Å². The first-order chi connectivity index (χ1) is 9.62. The minimum Gasteiger partial charge on any atom is -0.504 e. The summed E-state index contributed by atoms with van der Waals surface area (Å²) in [5.41, 5.74) is 0.792. The van der Waals surface area contributed by atoms with Crippen LogP contribution in [0.4, 0.5) is 10.5 Å². The molecule has 1 aromatic rings. The quantitative estimate of drug-likeness (QED) is 0.661. The van der Waals surface area contributed by atoms with Crippen LogP contribution in [0.1, 0.15) is 42.3 Å². The third kappa shape index (κ3) is 3.65. The van der Waals surface area contributed by atoms with Crippen LogP contribution in [-0.4, -0.2) is 30.2 Å². The lowest BCUT2D eigenvalue weighted by Gasteiger charge is -2.22. The predicted molar refractivity (Wildman–Crippen MR) is 79.4 cm³/mol. The molecule has 0 saturated heterocycles. The van der Waals surface area contributed by atoms with Crippen LogP contribution < -0.4 is 10.1 Å². The predicted octanol–water partition coefficient (Wildman–Crippen LogP) is 3.18. The zero-order chi connectivity index (χ0) is 16.4. The van der Waals surface area contributed by atoms with Gasteiger partial charge in [0.25, 0.3) is 0 Å². The number of benzene rings is 1. The summed E-state index contributed by atoms with van der Waals surface area (Å²) in [5, 5.41) is 12.6. The van der Waals surface area contributed by atoms with Gasteiger partial charge < -0.3 is 14.6 Å². The van der Waals surface area contributed by atoms with Crippen molar-refractivity contribution in [3.05, 3.63) is 16.7 Å². The number of aldehydes is 1. The molecular weight excluding hydrogens is 274 g/mol. The van der Waals surface area contributed by atoms with Gasteiger partial charge in [0, 0.05) is 5.56 Å². The molecule has 6 nitrogen and oxygen atoms in total. The maximum Gasteiger partial charge on any atom is 0.412 e. The van der Waals surface area contributed by atoms with E-state index in [9.17, 15) is 14.7 Å². The number of hydrogen-bond donors (Lipinski definition) is 2. The molecule has 0 aromatic heterocycles. The average Bonchev–Trinajstić information content (AvgIpc) is 2.33. The SMILES string of the molecule is COc1c(C)c(NC(=O)OC(C)(C)C)c(C)c(C=O)c1O. The number of nitrogens with one attached hydrogen (secondary N) is 1. The van der Waals surface area contributed by atoms with Crippen molar-refractivity contribution in [2.24, 2.45) is 0 Å². The number of carbonyl (C=O) groups excluding carboxylic acids is 2. The average molecular weight is 295 g/mol. The summed E-state index contributed by atoms with van der Waals surface area (Å²) in [4.78, 5) is 23.0. The maximum absolute atomic E-state index is 11.9. The molecule has 0 bridgehead atoms. The molecule has 0 aliphatic carbocycles. The zero-order valence-corrected chi connectivity index (χ0v) is 13.2. The molecule has 0 atom stereocenters. The molecule has 21 heavy (non-hydrogen) atoms. The van der Waals surface area contributed by atoms with Crippen LogP contribution in [-0.2, 0) is 4.74 Å². The summed E-state index contributed by atoms with van der Waals surface area (Å²) in [6.45, 7) is 8.55. The molecule has 0 saturated carbocycles. The van der Waals surface area contributed by atoms with Crippen molar-refractivity contribution in [2.75, 3.05) is 12.4 Å². The topological polar surface area (TPSA) is 84.9 Å². The minimum atomic E-state index is -0.640. The molecular formula is C15H21NO5. The molecule has 0 spiro atoms. The van der Waals surface area contributed by atoms with Gasteiger partial charge in [0.15, 0.2) is 17.8 Å². The number of rotatable bonds is 3. The zero-order valence-electron chi connectivity index (χ0n) is 13.2. The molecule has 1 aromatic carbocycles. The van der Waals surface area contributed by atoms with Crippen molar-refractivity contribution in [1.82, 2.24) is 0 Å². The van der Waals surface area contributed by atoms with Crippen LogP contribution in [0.15, 0.2) is 0 Å². The Morgan fingerprint density at radius 1 is 1.24 bits per heavy atom. The van der Waals surface area contributed by atoms with Crippen LogP contribution >= 0.6 is 0 Å². The summed E-state index contributed by atoms with van der Waals surface area (Å²) < 4.78 is 10.3. The van der Waals surface area contributed by atoms with Crippen molar-refractivity contribution in [1.29, 1.82) is 0 Å². The van der Waals surface area contributed by atoms with Gasteiger partial charge in [-0.1, -0.05) is 0 Å². The monoisotopic (exact) mass is 295 g/mol. The molecule has 116 valence electrons. The number of phenolic OH excluding ortho intramolecular Hbond substituents is 1. The first-order valence-electron chi connectivity index (χ1n) is 6.47. The number of anilines is 1. The van der Waals surface area contributed by atoms with Crippen LogP contribution in [0.25, 0.3) is 0 Å². The van der Waals surface area contributed by atoms with Gasteiger partial charge in [0.2, 0.25) is 0 Å². The fourth-order valence-corrected chi connectivity index (χ4v) is 1.99. The van der Waals surface area contributed by atoms with Crippen molar-refractivity contribution in [3.63, 3.8) is 0 Å². The molecule has 2 N–H and O–H groups in total. The van der Waals surface area contributed by atoms with Crippen molar-refractivity contribution in [2.45, 2.75) is 40.2 Å². The number of amides is 1. The van der Waals surface area contributed by atoms with Crippen molar-refractivity contribution < 1.29 is 24.2 Å². The highest BCUT2D eigenvalue weighted by Gasteiger charge is 2.23. The Balaban J connectivity index is 3.30. The molecule has 0 aliphatic rings. The summed E-state index contributed by atoms with van der Waals surface area (Å²) in [5.74, 6) is -0.0917. The van der Waals surface area contributed by atoms with Gasteiger partial charge in [-0.3, -0.25) is 10.1 Å². The van der Waals surface area contributed by atoms with Gasteiger partial charge in [0.1, 0.15) is 5.60 Å². The van der Waals surface area contributed by atoms with Gasteiger partial charge in [-0.25, -0.2) is 4.79 Å². The second kappa shape index (κ2) is 6.03. The third-order valence-corrected chi connectivity index (χ3v) is 2.91. The maximum atomic E-state index is 11.9. The number of ether oxygens (including phenoxy) is 2. The smallest absolute Gasteiger partial charge is 0.412 e. The van der Waals surface area contributed by atoms with Gasteiger partial charge >= 0.3 is 6.09 Å². The summed E-state index contributed by atoms with van der Waals surface area (Å²) in [7, 11) is 1.38. The van der Waals surface area contributed by atoms with E-state index in [2.05, 4.69) is 5.32 Å². The second-order valence-electron chi connectivity index (χ2n) is 5.67. The minimum absolute atomic E-state index is 0.0727. The molecule has 0 unspecified atom stereocenters. The van der Waals surface area contributed by atoms with E-state index in [1.165, 1.54) is 7.11 Å². The molecule has 1 amide bonds. The Bertz CT molecular complexity index is 573. The van der Waals surface area contributed by atoms with E-state index in [1.54, 1.807) is 34.6 Å². The van der Waals surface area contributed by atoms with Gasteiger partial charge in [-0.2, -0.15) is 0 Å². The highest BCUT2D eigenvalue weighted by Crippen LogP contribution is 2.40. The first kappa shape index (κ1) is 16.8. The second-order valence-corrected chi connectivity index (χ2v) is 5.67. The van der Waals surface area contributed by atoms with Crippen molar-refractivity contribution in [3.8, 4) is 11.5 Å². The normalized spacial score (nSPS) is 11.0. The summed E-state index contributed by atoms with van der Waals surface area (Å²) in [6, 6.07) is 0. The highest BCUT2D eigenvalue weighted by atomic mass is 16.6. The number of methoxy groups -OCH3 is 1. The number of aromatic hydroxyl groups is 1. The summed E-state index contributed by atoms with van der Waals surface area (Å²) >= 11 is 0. The van der Waals surface area contributed by atoms with Crippen molar-refractivity contribution >= 4 is 18.1 Å². The molecule has 1 rings (SSSR count). The lowest BCUT2D eigenvalue weighted by molar-refractivity contribution is 0.0635. The standard InChI is InChI=1S/C15H21NO5/c1-8-10(7-17)12(18)13(20-6)9(2)11(8)16-14(19)21-15(3,4)5/h7,18H,1-6H3,(H,16,19). The van der Waals surface area contributed by atoms with E-state index in [-0.39, 0.29) is 17.1 Å². The molecule has 6 heteroatoms. The third-order valence-electron chi connectivity index (χ3n) is 2.91. The van der Waals surface area contributed by atoms with E-state index in [0.29, 0.717) is 23.1 Å². The Labute approximate surface area is 124 Å². The lowest BCUT2D eigenvalue weighted by Crippen LogP contribution is -2.27. The van der Waals surface area contributed by atoms with E-state index in [0.717, 1.165) is 0 Å². The van der Waals surface area contributed by atoms with E-state index in [4.69, 9.17) is 9.47 Å². The Kier molecular flexibility index (Phi) is 4.83. The fourth-order valence-electron chi connectivity index (χ4n) is 1.99. The van der Waals surface area contributed by atoms with Gasteiger partial charge in [-0.15, -0.1) is 0 Å². The van der Waals surface area contributed by atoms with Crippen LogP contribution in [0, 0.1) is 13.8 Å². The van der Waals surface area contributed by atoms with Crippen LogP contribution in [0.2, 0.25) is 0 Å². The fraction of sp³-hybridized carbons (Fsp3) is 0.467. The van der Waals surface area contributed by atoms with E-state index >= 15 is 0 Å². The molecule has 0 aliphatic heterocycles. The molecule has 0 heterocycles. The lowest BCUT2D eigenvalue weighted by atomic mass is 10.0. The Morgan fingerprint density at radius 3 is 2.24 bits per heavy atom. The largest absolute Gasteiger partial charge is 0.504 e. The van der Waals surface area contributed by atoms with Crippen LogP contribution in [0.3, 0.4) is 0 Å². The van der Waals surface area contributed by atoms with E-state index < -0.39 is 11.7 Å². The summed E-state index contributed by atoms with van der Waals surface area (Å²) in [6.07, 6.45) is -0.120. The number of hydrogen-bond acceptors (Lipinski definition) is 5. The van der Waals surface area contributed by atoms with Gasteiger partial charge in [0.05, 0.1) is 18.4 Å². The number of phenols is 1. The van der Waals surface area contributed by atoms with Crippen LogP contribution in [0.5, 0.6) is 11.5 Å². The molecule has 0 radical (unpaired) electrons. The van der Waals surface area contributed by atoms with E-state index in [1.807, 2.05) is 0 Å². The molecule has 0 fully saturated rings. The Morgan fingerprint density at radius 2 is 1.81 bits per heavy atom. The number of carbonyl (C=O) groups is 2. The Hall–Kier alpha value is -2.24. The highest BCUT2D eigenvalue weighted by molar-refractivity contribution is 5.94. The first-order valence-corrected chi connectivity index (χ1v) is 6.47.